The van der Waals surface area contributed by atoms with E-state index in [0.29, 0.717) is 6.29 Å². The first kappa shape index (κ1) is 6.98. The van der Waals surface area contributed by atoms with Gasteiger partial charge in [0.15, 0.2) is 17.8 Å². The molecule has 0 bridgehead atoms. The lowest BCUT2D eigenvalue weighted by atomic mass is 10.4. The molecule has 1 aromatic heterocycles. The zero-order chi connectivity index (χ0) is 7.56. The van der Waals surface area contributed by atoms with Gasteiger partial charge in [-0.1, -0.05) is 0 Å². The van der Waals surface area contributed by atoms with Gasteiger partial charge in [0.25, 0.3) is 0 Å². The Labute approximate surface area is 56.7 Å². The van der Waals surface area contributed by atoms with Gasteiger partial charge in [-0.15, -0.1) is 0 Å². The fourth-order valence-electron chi connectivity index (χ4n) is 0.571. The second kappa shape index (κ2) is 2.64. The Morgan fingerprint density at radius 1 is 1.50 bits per heavy atom. The van der Waals surface area contributed by atoms with Gasteiger partial charge in [-0.05, 0) is 12.1 Å². The fraction of sp³-hybridized carbons (Fsp3) is 0.167. The monoisotopic (exact) mass is 142 g/mol. The van der Waals surface area contributed by atoms with E-state index in [9.17, 15) is 4.79 Å². The summed E-state index contributed by atoms with van der Waals surface area (Å²) in [4.78, 5) is 9.99. The van der Waals surface area contributed by atoms with E-state index >= 15 is 0 Å². The third-order valence-corrected chi connectivity index (χ3v) is 1.02. The third-order valence-electron chi connectivity index (χ3n) is 1.02. The van der Waals surface area contributed by atoms with E-state index in [2.05, 4.69) is 4.42 Å². The molecule has 0 atom stereocenters. The van der Waals surface area contributed by atoms with Crippen LogP contribution in [0.1, 0.15) is 22.6 Å². The van der Waals surface area contributed by atoms with Gasteiger partial charge in [0.2, 0.25) is 6.29 Å². The Kier molecular flexibility index (Phi) is 1.84. The number of hydrogen-bond acceptors (Lipinski definition) is 4. The van der Waals surface area contributed by atoms with E-state index in [0.717, 1.165) is 0 Å². The Balaban J connectivity index is 2.88. The largest absolute Gasteiger partial charge is 0.453 e. The minimum atomic E-state index is -1.64. The first-order chi connectivity index (χ1) is 4.74. The van der Waals surface area contributed by atoms with Crippen molar-refractivity contribution in [2.24, 2.45) is 0 Å². The van der Waals surface area contributed by atoms with Crippen LogP contribution in [0.5, 0.6) is 0 Å². The van der Waals surface area contributed by atoms with Crippen LogP contribution < -0.4 is 0 Å². The Hall–Kier alpha value is -1.13. The molecule has 0 radical (unpaired) electrons. The van der Waals surface area contributed by atoms with E-state index in [1.165, 1.54) is 12.1 Å². The molecule has 0 spiro atoms. The standard InChI is InChI=1S/C6H6O4/c7-3-4-1-2-5(10-4)6(8)9/h1-3,6,8-9H. The molecule has 10 heavy (non-hydrogen) atoms. The summed E-state index contributed by atoms with van der Waals surface area (Å²) in [5, 5.41) is 17.0. The van der Waals surface area contributed by atoms with Crippen LogP contribution in [0.25, 0.3) is 0 Å². The van der Waals surface area contributed by atoms with E-state index in [1.807, 2.05) is 0 Å². The van der Waals surface area contributed by atoms with Gasteiger partial charge in [-0.2, -0.15) is 0 Å². The van der Waals surface area contributed by atoms with Gasteiger partial charge in [-0.3, -0.25) is 4.79 Å². The minimum absolute atomic E-state index is 0.0258. The van der Waals surface area contributed by atoms with Gasteiger partial charge in [0, 0.05) is 0 Å². The van der Waals surface area contributed by atoms with E-state index in [1.54, 1.807) is 0 Å². The molecule has 0 fully saturated rings. The van der Waals surface area contributed by atoms with Gasteiger partial charge in [-0.25, -0.2) is 0 Å². The number of rotatable bonds is 2. The molecule has 0 amide bonds. The highest BCUT2D eigenvalue weighted by molar-refractivity contribution is 5.70. The fourth-order valence-corrected chi connectivity index (χ4v) is 0.571. The summed E-state index contributed by atoms with van der Waals surface area (Å²) >= 11 is 0. The van der Waals surface area contributed by atoms with Gasteiger partial charge in [0.1, 0.15) is 0 Å². The molecular weight excluding hydrogens is 136 g/mol. The lowest BCUT2D eigenvalue weighted by molar-refractivity contribution is -0.0582. The number of hydrogen-bond donors (Lipinski definition) is 2. The van der Waals surface area contributed by atoms with E-state index in [-0.39, 0.29) is 11.5 Å². The van der Waals surface area contributed by atoms with Crippen LogP contribution in [0.2, 0.25) is 0 Å². The van der Waals surface area contributed by atoms with Crippen molar-refractivity contribution >= 4 is 6.29 Å². The first-order valence-corrected chi connectivity index (χ1v) is 2.65. The molecule has 0 unspecified atom stereocenters. The van der Waals surface area contributed by atoms with Crippen LogP contribution in [0.4, 0.5) is 0 Å². The Morgan fingerprint density at radius 2 is 2.20 bits per heavy atom. The lowest BCUT2D eigenvalue weighted by Crippen LogP contribution is -1.90. The zero-order valence-corrected chi connectivity index (χ0v) is 5.02. The van der Waals surface area contributed by atoms with E-state index in [4.69, 9.17) is 10.2 Å². The smallest absolute Gasteiger partial charge is 0.212 e. The van der Waals surface area contributed by atoms with Crippen LogP contribution in [0, 0.1) is 0 Å². The van der Waals surface area contributed by atoms with Gasteiger partial charge in [0.05, 0.1) is 0 Å². The molecule has 4 heteroatoms. The molecule has 0 aromatic carbocycles. The summed E-state index contributed by atoms with van der Waals surface area (Å²) in [6, 6.07) is 2.69. The number of carbonyl (C=O) groups excluding carboxylic acids is 1. The molecule has 4 nitrogen and oxygen atoms in total. The average molecular weight is 142 g/mol. The minimum Gasteiger partial charge on any atom is -0.453 e. The Morgan fingerprint density at radius 3 is 2.50 bits per heavy atom. The highest BCUT2D eigenvalue weighted by atomic mass is 16.5. The molecular formula is C6H6O4. The number of aliphatic hydroxyl groups is 2. The van der Waals surface area contributed by atoms with Crippen LogP contribution in [-0.4, -0.2) is 16.5 Å². The highest BCUT2D eigenvalue weighted by Gasteiger charge is 2.06. The van der Waals surface area contributed by atoms with Crippen LogP contribution in [0.3, 0.4) is 0 Å². The highest BCUT2D eigenvalue weighted by Crippen LogP contribution is 2.11. The number of aldehydes is 1. The van der Waals surface area contributed by atoms with Gasteiger partial charge >= 0.3 is 0 Å². The van der Waals surface area contributed by atoms with Crippen molar-refractivity contribution in [3.63, 3.8) is 0 Å². The summed E-state index contributed by atoms with van der Waals surface area (Å²) in [7, 11) is 0. The van der Waals surface area contributed by atoms with Crippen molar-refractivity contribution < 1.29 is 19.4 Å². The molecule has 1 rings (SSSR count). The van der Waals surface area contributed by atoms with Crippen LogP contribution in [-0.2, 0) is 0 Å². The van der Waals surface area contributed by atoms with Crippen LogP contribution >= 0.6 is 0 Å². The molecule has 1 heterocycles. The Bertz CT molecular complexity index is 225. The summed E-state index contributed by atoms with van der Waals surface area (Å²) in [5.41, 5.74) is 0. The normalized spacial score (nSPS) is 10.3. The van der Waals surface area contributed by atoms with Crippen LogP contribution in [0.15, 0.2) is 16.5 Å². The maximum atomic E-state index is 9.99. The molecule has 0 saturated carbocycles. The first-order valence-electron chi connectivity index (χ1n) is 2.65. The topological polar surface area (TPSA) is 70.7 Å². The predicted molar refractivity (Wildman–Crippen MR) is 31.3 cm³/mol. The van der Waals surface area contributed by atoms with Gasteiger partial charge < -0.3 is 14.6 Å². The maximum Gasteiger partial charge on any atom is 0.212 e. The summed E-state index contributed by atoms with van der Waals surface area (Å²) < 4.78 is 4.63. The zero-order valence-electron chi connectivity index (χ0n) is 5.02. The molecule has 0 saturated heterocycles. The number of furan rings is 1. The molecule has 1 aromatic rings. The maximum absolute atomic E-state index is 9.99. The van der Waals surface area contributed by atoms with Crippen molar-refractivity contribution in [1.29, 1.82) is 0 Å². The molecule has 0 aliphatic carbocycles. The predicted octanol–water partition coefficient (Wildman–Crippen LogP) is 0.0753. The summed E-state index contributed by atoms with van der Waals surface area (Å²) in [5.74, 6) is 0.0604. The quantitative estimate of drug-likeness (QED) is 0.453. The third kappa shape index (κ3) is 1.23. The lowest BCUT2D eigenvalue weighted by Gasteiger charge is -1.94. The summed E-state index contributed by atoms with van der Waals surface area (Å²) in [6.07, 6.45) is -1.15. The molecule has 0 aliphatic rings. The van der Waals surface area contributed by atoms with Crippen molar-refractivity contribution in [3.05, 3.63) is 23.7 Å². The second-order valence-corrected chi connectivity index (χ2v) is 1.73. The number of aliphatic hydroxyl groups excluding tert-OH is 1. The molecule has 0 aliphatic heterocycles. The molecule has 2 N–H and O–H groups in total. The SMILES string of the molecule is O=Cc1ccc(C(O)O)o1. The molecule has 54 valence electrons. The summed E-state index contributed by atoms with van der Waals surface area (Å²) in [6.45, 7) is 0. The van der Waals surface area contributed by atoms with E-state index < -0.39 is 6.29 Å². The van der Waals surface area contributed by atoms with Crippen molar-refractivity contribution in [2.45, 2.75) is 6.29 Å². The number of carbonyl (C=O) groups is 1. The van der Waals surface area contributed by atoms with Crippen molar-refractivity contribution in [3.8, 4) is 0 Å². The van der Waals surface area contributed by atoms with Crippen molar-refractivity contribution in [2.75, 3.05) is 0 Å². The van der Waals surface area contributed by atoms with Crippen molar-refractivity contribution in [1.82, 2.24) is 0 Å². The second-order valence-electron chi connectivity index (χ2n) is 1.73. The average Bonchev–Trinajstić information content (AvgIpc) is 2.34.